The predicted molar refractivity (Wildman–Crippen MR) is 80.1 cm³/mol. The van der Waals surface area contributed by atoms with Crippen LogP contribution in [0.1, 0.15) is 19.8 Å². The fourth-order valence-corrected chi connectivity index (χ4v) is 2.56. The third-order valence-corrected chi connectivity index (χ3v) is 3.62. The molecule has 110 valence electrons. The Morgan fingerprint density at radius 2 is 2.19 bits per heavy atom. The lowest BCUT2D eigenvalue weighted by Crippen LogP contribution is -2.35. The molecule has 1 N–H and O–H groups in total. The molecular weight excluding hydrogens is 269 g/mol. The summed E-state index contributed by atoms with van der Waals surface area (Å²) < 4.78 is 13.6. The van der Waals surface area contributed by atoms with E-state index in [9.17, 15) is 4.39 Å². The van der Waals surface area contributed by atoms with Crippen LogP contribution in [0.4, 0.5) is 21.8 Å². The van der Waals surface area contributed by atoms with Gasteiger partial charge in [0.25, 0.3) is 0 Å². The van der Waals surface area contributed by atoms with Gasteiger partial charge in [0.2, 0.25) is 5.95 Å². The second-order valence-electron chi connectivity index (χ2n) is 5.44. The van der Waals surface area contributed by atoms with E-state index < -0.39 is 0 Å². The predicted octanol–water partition coefficient (Wildman–Crippen LogP) is 2.99. The maximum Gasteiger partial charge on any atom is 0.247 e. The summed E-state index contributed by atoms with van der Waals surface area (Å²) in [7, 11) is 0. The highest BCUT2D eigenvalue weighted by Crippen LogP contribution is 2.22. The molecule has 1 aromatic carbocycles. The minimum absolute atomic E-state index is 0.316. The van der Waals surface area contributed by atoms with Crippen LogP contribution in [-0.4, -0.2) is 28.3 Å². The minimum Gasteiger partial charge on any atom is -0.339 e. The van der Waals surface area contributed by atoms with Gasteiger partial charge in [0.1, 0.15) is 5.82 Å². The van der Waals surface area contributed by atoms with E-state index in [-0.39, 0.29) is 5.82 Å². The van der Waals surface area contributed by atoms with Crippen LogP contribution in [0.3, 0.4) is 0 Å². The lowest BCUT2D eigenvalue weighted by atomic mass is 10.0. The Bertz CT molecular complexity index is 619. The summed E-state index contributed by atoms with van der Waals surface area (Å²) in [6.45, 7) is 4.10. The van der Waals surface area contributed by atoms with Crippen LogP contribution in [0.15, 0.2) is 30.5 Å². The van der Waals surface area contributed by atoms with Crippen molar-refractivity contribution < 1.29 is 4.39 Å². The number of rotatable bonds is 3. The zero-order valence-corrected chi connectivity index (χ0v) is 12.0. The summed E-state index contributed by atoms with van der Waals surface area (Å²) >= 11 is 0. The number of para-hydroxylation sites is 1. The monoisotopic (exact) mass is 287 g/mol. The van der Waals surface area contributed by atoms with Gasteiger partial charge in [-0.15, -0.1) is 5.10 Å². The Morgan fingerprint density at radius 3 is 3.00 bits per heavy atom. The molecule has 2 aromatic rings. The number of aromatic nitrogens is 3. The molecule has 0 saturated carbocycles. The number of hydrogen-bond acceptors (Lipinski definition) is 5. The Kier molecular flexibility index (Phi) is 3.94. The van der Waals surface area contributed by atoms with Gasteiger partial charge in [-0.3, -0.25) is 0 Å². The molecule has 5 nitrogen and oxygen atoms in total. The van der Waals surface area contributed by atoms with Crippen molar-refractivity contribution in [3.63, 3.8) is 0 Å². The lowest BCUT2D eigenvalue weighted by molar-refractivity contribution is 0.441. The van der Waals surface area contributed by atoms with Crippen LogP contribution in [0.25, 0.3) is 0 Å². The first kappa shape index (κ1) is 13.7. The van der Waals surface area contributed by atoms with Crippen LogP contribution in [0, 0.1) is 11.7 Å². The number of halogens is 1. The van der Waals surface area contributed by atoms with Crippen molar-refractivity contribution in [2.24, 2.45) is 5.92 Å². The number of anilines is 3. The minimum atomic E-state index is -0.316. The van der Waals surface area contributed by atoms with Gasteiger partial charge in [-0.05, 0) is 30.9 Å². The summed E-state index contributed by atoms with van der Waals surface area (Å²) in [5.41, 5.74) is 0.385. The Morgan fingerprint density at radius 1 is 1.33 bits per heavy atom. The molecule has 1 fully saturated rings. The zero-order chi connectivity index (χ0) is 14.7. The highest BCUT2D eigenvalue weighted by atomic mass is 19.1. The van der Waals surface area contributed by atoms with Crippen molar-refractivity contribution in [2.45, 2.75) is 19.8 Å². The summed E-state index contributed by atoms with van der Waals surface area (Å²) in [5, 5.41) is 11.0. The second-order valence-corrected chi connectivity index (χ2v) is 5.44. The molecule has 1 aliphatic rings. The average molecular weight is 287 g/mol. The molecule has 1 atom stereocenters. The number of piperidine rings is 1. The van der Waals surface area contributed by atoms with Crippen molar-refractivity contribution in [1.82, 2.24) is 15.2 Å². The molecule has 1 unspecified atom stereocenters. The lowest BCUT2D eigenvalue weighted by Gasteiger charge is -2.30. The van der Waals surface area contributed by atoms with E-state index in [1.54, 1.807) is 18.2 Å². The number of nitrogens with one attached hydrogen (secondary N) is 1. The van der Waals surface area contributed by atoms with Crippen molar-refractivity contribution in [3.8, 4) is 0 Å². The van der Waals surface area contributed by atoms with E-state index in [2.05, 4.69) is 32.3 Å². The van der Waals surface area contributed by atoms with Gasteiger partial charge in [-0.2, -0.15) is 10.1 Å². The first-order valence-electron chi connectivity index (χ1n) is 7.18. The topological polar surface area (TPSA) is 53.9 Å². The number of nitrogens with zero attached hydrogens (tertiary/aromatic N) is 4. The number of benzene rings is 1. The smallest absolute Gasteiger partial charge is 0.247 e. The highest BCUT2D eigenvalue weighted by molar-refractivity contribution is 5.56. The first-order chi connectivity index (χ1) is 10.2. The van der Waals surface area contributed by atoms with Gasteiger partial charge in [0, 0.05) is 13.1 Å². The van der Waals surface area contributed by atoms with Gasteiger partial charge >= 0.3 is 0 Å². The summed E-state index contributed by atoms with van der Waals surface area (Å²) in [6, 6.07) is 6.50. The number of hydrogen-bond donors (Lipinski definition) is 1. The van der Waals surface area contributed by atoms with Gasteiger partial charge in [0.05, 0.1) is 11.9 Å². The Hall–Kier alpha value is -2.24. The Balaban J connectivity index is 1.78. The average Bonchev–Trinajstić information content (AvgIpc) is 2.50. The molecule has 1 saturated heterocycles. The van der Waals surface area contributed by atoms with E-state index in [1.165, 1.54) is 18.7 Å². The fraction of sp³-hybridized carbons (Fsp3) is 0.400. The van der Waals surface area contributed by atoms with Gasteiger partial charge in [0.15, 0.2) is 5.82 Å². The largest absolute Gasteiger partial charge is 0.339 e. The maximum atomic E-state index is 13.6. The molecule has 0 radical (unpaired) electrons. The van der Waals surface area contributed by atoms with E-state index in [0.717, 1.165) is 19.5 Å². The molecule has 6 heteroatoms. The van der Waals surface area contributed by atoms with Gasteiger partial charge in [-0.1, -0.05) is 19.1 Å². The van der Waals surface area contributed by atoms with Crippen molar-refractivity contribution in [3.05, 3.63) is 36.3 Å². The normalized spacial score (nSPS) is 18.6. The van der Waals surface area contributed by atoms with E-state index in [1.807, 2.05) is 0 Å². The van der Waals surface area contributed by atoms with E-state index in [4.69, 9.17) is 0 Å². The molecule has 0 bridgehead atoms. The molecule has 1 aromatic heterocycles. The molecule has 2 heterocycles. The van der Waals surface area contributed by atoms with Gasteiger partial charge in [-0.25, -0.2) is 4.39 Å². The molecule has 21 heavy (non-hydrogen) atoms. The van der Waals surface area contributed by atoms with Crippen LogP contribution in [-0.2, 0) is 0 Å². The van der Waals surface area contributed by atoms with Crippen LogP contribution >= 0.6 is 0 Å². The van der Waals surface area contributed by atoms with Crippen molar-refractivity contribution >= 4 is 17.5 Å². The van der Waals surface area contributed by atoms with Crippen molar-refractivity contribution in [1.29, 1.82) is 0 Å². The summed E-state index contributed by atoms with van der Waals surface area (Å²) in [6.07, 6.45) is 3.87. The summed E-state index contributed by atoms with van der Waals surface area (Å²) in [4.78, 5) is 6.57. The standard InChI is InChI=1S/C15H18FN5/c1-11-5-4-8-21(10-11)15-19-14(9-17-20-15)18-13-7-3-2-6-12(13)16/h2-3,6-7,9,11H,4-5,8,10H2,1H3,(H,18,19,20). The van der Waals surface area contributed by atoms with E-state index in [0.29, 0.717) is 23.4 Å². The quantitative estimate of drug-likeness (QED) is 0.940. The molecule has 0 spiro atoms. The summed E-state index contributed by atoms with van der Waals surface area (Å²) in [5.74, 6) is 1.42. The van der Waals surface area contributed by atoms with E-state index >= 15 is 0 Å². The van der Waals surface area contributed by atoms with Crippen LogP contribution in [0.2, 0.25) is 0 Å². The SMILES string of the molecule is CC1CCCN(c2nncc(Nc3ccccc3F)n2)C1. The molecular formula is C15H18FN5. The molecule has 3 rings (SSSR count). The third-order valence-electron chi connectivity index (χ3n) is 3.62. The maximum absolute atomic E-state index is 13.6. The fourth-order valence-electron chi connectivity index (χ4n) is 2.56. The Labute approximate surface area is 123 Å². The second kappa shape index (κ2) is 6.03. The van der Waals surface area contributed by atoms with Crippen LogP contribution in [0.5, 0.6) is 0 Å². The highest BCUT2D eigenvalue weighted by Gasteiger charge is 2.19. The zero-order valence-electron chi connectivity index (χ0n) is 12.0. The van der Waals surface area contributed by atoms with Crippen LogP contribution < -0.4 is 10.2 Å². The van der Waals surface area contributed by atoms with Gasteiger partial charge < -0.3 is 10.2 Å². The first-order valence-corrected chi connectivity index (χ1v) is 7.18. The van der Waals surface area contributed by atoms with Crippen molar-refractivity contribution in [2.75, 3.05) is 23.3 Å². The molecule has 0 aliphatic carbocycles. The molecule has 0 amide bonds. The molecule has 1 aliphatic heterocycles. The third kappa shape index (κ3) is 3.26.